The lowest BCUT2D eigenvalue weighted by molar-refractivity contribution is 0.0386. The predicted octanol–water partition coefficient (Wildman–Crippen LogP) is 3.00. The second kappa shape index (κ2) is 9.33. The fourth-order valence-corrected chi connectivity index (χ4v) is 2.63. The quantitative estimate of drug-likeness (QED) is 0.405. The van der Waals surface area contributed by atoms with Crippen LogP contribution in [0.4, 0.5) is 5.69 Å². The van der Waals surface area contributed by atoms with Crippen LogP contribution in [-0.2, 0) is 14.2 Å². The van der Waals surface area contributed by atoms with E-state index in [1.807, 2.05) is 0 Å². The van der Waals surface area contributed by atoms with Crippen LogP contribution in [0.5, 0.6) is 0 Å². The summed E-state index contributed by atoms with van der Waals surface area (Å²) in [6.07, 6.45) is 0.629. The third kappa shape index (κ3) is 5.78. The van der Waals surface area contributed by atoms with Crippen molar-refractivity contribution in [1.82, 2.24) is 0 Å². The van der Waals surface area contributed by atoms with E-state index in [2.05, 4.69) is 31.9 Å². The number of nitrogen functional groups attached to an aromatic ring is 1. The third-order valence-corrected chi connectivity index (χ3v) is 3.53. The van der Waals surface area contributed by atoms with E-state index >= 15 is 0 Å². The summed E-state index contributed by atoms with van der Waals surface area (Å²) in [5.41, 5.74) is 6.54. The number of anilines is 1. The van der Waals surface area contributed by atoms with E-state index in [0.717, 1.165) is 4.47 Å². The van der Waals surface area contributed by atoms with Crippen molar-refractivity contribution in [2.75, 3.05) is 39.3 Å². The topological polar surface area (TPSA) is 70.8 Å². The van der Waals surface area contributed by atoms with Gasteiger partial charge in [0.25, 0.3) is 0 Å². The number of carbonyl (C=O) groups is 1. The largest absolute Gasteiger partial charge is 0.462 e. The van der Waals surface area contributed by atoms with Crippen molar-refractivity contribution in [1.29, 1.82) is 0 Å². The standard InChI is InChI=1S/C13H17Br2NO4/c1-18-5-6-19-3-2-4-20-13(17)10-7-9(14)8-11(15)12(10)16/h7-8H,2-6,16H2,1H3. The third-order valence-electron chi connectivity index (χ3n) is 2.41. The number of hydrogen-bond acceptors (Lipinski definition) is 5. The molecule has 0 aromatic heterocycles. The molecule has 20 heavy (non-hydrogen) atoms. The summed E-state index contributed by atoms with van der Waals surface area (Å²) in [7, 11) is 1.62. The fraction of sp³-hybridized carbons (Fsp3) is 0.462. The highest BCUT2D eigenvalue weighted by Gasteiger charge is 2.14. The summed E-state index contributed by atoms with van der Waals surface area (Å²) in [5, 5.41) is 0. The Morgan fingerprint density at radius 2 is 1.95 bits per heavy atom. The summed E-state index contributed by atoms with van der Waals surface area (Å²) >= 11 is 6.59. The maximum atomic E-state index is 11.9. The number of rotatable bonds is 8. The van der Waals surface area contributed by atoms with E-state index in [1.165, 1.54) is 0 Å². The van der Waals surface area contributed by atoms with E-state index < -0.39 is 5.97 Å². The molecule has 1 aromatic rings. The Morgan fingerprint density at radius 3 is 2.65 bits per heavy atom. The zero-order valence-electron chi connectivity index (χ0n) is 11.2. The lowest BCUT2D eigenvalue weighted by Gasteiger charge is -2.09. The minimum Gasteiger partial charge on any atom is -0.462 e. The summed E-state index contributed by atoms with van der Waals surface area (Å²) in [5.74, 6) is -0.443. The molecule has 0 heterocycles. The number of ether oxygens (including phenoxy) is 3. The van der Waals surface area contributed by atoms with Gasteiger partial charge in [0.05, 0.1) is 31.1 Å². The zero-order chi connectivity index (χ0) is 15.0. The number of halogens is 2. The summed E-state index contributed by atoms with van der Waals surface area (Å²) in [6.45, 7) is 1.90. The van der Waals surface area contributed by atoms with E-state index in [-0.39, 0.29) is 6.61 Å². The molecule has 0 aliphatic heterocycles. The molecule has 0 unspecified atom stereocenters. The molecule has 0 fully saturated rings. The van der Waals surface area contributed by atoms with Gasteiger partial charge in [0, 0.05) is 29.1 Å². The molecule has 7 heteroatoms. The highest BCUT2D eigenvalue weighted by atomic mass is 79.9. The Kier molecular flexibility index (Phi) is 8.13. The van der Waals surface area contributed by atoms with E-state index in [0.29, 0.717) is 42.0 Å². The lowest BCUT2D eigenvalue weighted by atomic mass is 10.2. The molecule has 0 bridgehead atoms. The van der Waals surface area contributed by atoms with E-state index in [1.54, 1.807) is 19.2 Å². The van der Waals surface area contributed by atoms with Crippen molar-refractivity contribution in [3.8, 4) is 0 Å². The molecule has 0 atom stereocenters. The molecule has 0 saturated heterocycles. The average Bonchev–Trinajstić information content (AvgIpc) is 2.41. The molecule has 0 amide bonds. The van der Waals surface area contributed by atoms with Crippen LogP contribution >= 0.6 is 31.9 Å². The van der Waals surface area contributed by atoms with Crippen LogP contribution in [-0.4, -0.2) is 39.5 Å². The SMILES string of the molecule is COCCOCCCOC(=O)c1cc(Br)cc(Br)c1N. The number of carbonyl (C=O) groups excluding carboxylic acids is 1. The van der Waals surface area contributed by atoms with Gasteiger partial charge in [-0.15, -0.1) is 0 Å². The maximum Gasteiger partial charge on any atom is 0.340 e. The van der Waals surface area contributed by atoms with Gasteiger partial charge in [-0.1, -0.05) is 15.9 Å². The van der Waals surface area contributed by atoms with Gasteiger partial charge in [0.2, 0.25) is 0 Å². The summed E-state index contributed by atoms with van der Waals surface area (Å²) < 4.78 is 16.7. The molecule has 0 aliphatic carbocycles. The van der Waals surface area contributed by atoms with Gasteiger partial charge in [-0.25, -0.2) is 4.79 Å². The summed E-state index contributed by atoms with van der Waals surface area (Å²) in [6, 6.07) is 3.41. The fourth-order valence-electron chi connectivity index (χ4n) is 1.40. The van der Waals surface area contributed by atoms with Crippen LogP contribution in [0.3, 0.4) is 0 Å². The monoisotopic (exact) mass is 409 g/mol. The number of benzene rings is 1. The van der Waals surface area contributed by atoms with Crippen molar-refractivity contribution in [2.45, 2.75) is 6.42 Å². The van der Waals surface area contributed by atoms with Gasteiger partial charge >= 0.3 is 5.97 Å². The van der Waals surface area contributed by atoms with Gasteiger partial charge in [-0.3, -0.25) is 0 Å². The van der Waals surface area contributed by atoms with Crippen LogP contribution in [0.2, 0.25) is 0 Å². The second-order valence-corrected chi connectivity index (χ2v) is 5.71. The highest BCUT2D eigenvalue weighted by molar-refractivity contribution is 9.11. The Labute approximate surface area is 135 Å². The first-order chi connectivity index (χ1) is 9.56. The van der Waals surface area contributed by atoms with Gasteiger partial charge in [0.15, 0.2) is 0 Å². The smallest absolute Gasteiger partial charge is 0.340 e. The molecule has 0 aliphatic rings. The minimum atomic E-state index is -0.443. The molecular weight excluding hydrogens is 394 g/mol. The van der Waals surface area contributed by atoms with Crippen LogP contribution in [0, 0.1) is 0 Å². The molecule has 0 spiro atoms. The van der Waals surface area contributed by atoms with Crippen molar-refractivity contribution in [3.63, 3.8) is 0 Å². The second-order valence-electron chi connectivity index (χ2n) is 3.94. The molecule has 0 radical (unpaired) electrons. The minimum absolute atomic E-state index is 0.287. The lowest BCUT2D eigenvalue weighted by Crippen LogP contribution is -2.11. The predicted molar refractivity (Wildman–Crippen MR) is 83.8 cm³/mol. The normalized spacial score (nSPS) is 10.6. The molecule has 0 saturated carbocycles. The first-order valence-electron chi connectivity index (χ1n) is 6.04. The first kappa shape index (κ1) is 17.4. The van der Waals surface area contributed by atoms with Crippen molar-refractivity contribution in [3.05, 3.63) is 26.6 Å². The number of nitrogens with two attached hydrogens (primary N) is 1. The molecule has 112 valence electrons. The van der Waals surface area contributed by atoms with Crippen LogP contribution in [0.15, 0.2) is 21.1 Å². The molecule has 1 aromatic carbocycles. The van der Waals surface area contributed by atoms with Gasteiger partial charge in [-0.2, -0.15) is 0 Å². The Hall–Kier alpha value is -0.630. The zero-order valence-corrected chi connectivity index (χ0v) is 14.3. The van der Waals surface area contributed by atoms with Crippen LogP contribution < -0.4 is 5.73 Å². The molecule has 1 rings (SSSR count). The van der Waals surface area contributed by atoms with E-state index in [4.69, 9.17) is 19.9 Å². The van der Waals surface area contributed by atoms with Crippen molar-refractivity contribution >= 4 is 43.5 Å². The van der Waals surface area contributed by atoms with Crippen LogP contribution in [0.25, 0.3) is 0 Å². The van der Waals surface area contributed by atoms with Crippen molar-refractivity contribution < 1.29 is 19.0 Å². The van der Waals surface area contributed by atoms with Gasteiger partial charge < -0.3 is 19.9 Å². The summed E-state index contributed by atoms with van der Waals surface area (Å²) in [4.78, 5) is 11.9. The molecule has 2 N–H and O–H groups in total. The maximum absolute atomic E-state index is 11.9. The van der Waals surface area contributed by atoms with Gasteiger partial charge in [-0.05, 0) is 28.1 Å². The number of hydrogen-bond donors (Lipinski definition) is 1. The number of methoxy groups -OCH3 is 1. The van der Waals surface area contributed by atoms with E-state index in [9.17, 15) is 4.79 Å². The highest BCUT2D eigenvalue weighted by Crippen LogP contribution is 2.28. The Bertz CT molecular complexity index is 454. The Balaban J connectivity index is 2.36. The first-order valence-corrected chi connectivity index (χ1v) is 7.63. The molecular formula is C13H17Br2NO4. The number of esters is 1. The van der Waals surface area contributed by atoms with Gasteiger partial charge in [0.1, 0.15) is 0 Å². The van der Waals surface area contributed by atoms with Crippen LogP contribution in [0.1, 0.15) is 16.8 Å². The van der Waals surface area contributed by atoms with Crippen molar-refractivity contribution in [2.24, 2.45) is 0 Å². The molecule has 5 nitrogen and oxygen atoms in total. The average molecular weight is 411 g/mol. The Morgan fingerprint density at radius 1 is 1.20 bits per heavy atom.